The number of aromatic nitrogens is 1. The lowest BCUT2D eigenvalue weighted by atomic mass is 10.1. The van der Waals surface area contributed by atoms with E-state index in [2.05, 4.69) is 4.98 Å². The number of benzene rings is 1. The average molecular weight is 259 g/mol. The van der Waals surface area contributed by atoms with Gasteiger partial charge in [-0.25, -0.2) is 9.78 Å². The van der Waals surface area contributed by atoms with Crippen LogP contribution < -0.4 is 10.5 Å². The summed E-state index contributed by atoms with van der Waals surface area (Å²) in [5.74, 6) is -1.13. The number of nitrogens with zero attached hydrogens (tertiary/aromatic N) is 1. The Balaban J connectivity index is 2.80. The van der Waals surface area contributed by atoms with E-state index in [0.717, 1.165) is 0 Å². The summed E-state index contributed by atoms with van der Waals surface area (Å²) in [5, 5.41) is 9.54. The van der Waals surface area contributed by atoms with Gasteiger partial charge in [0.05, 0.1) is 33.6 Å². The topological polar surface area (TPSA) is 85.4 Å². The Hall–Kier alpha value is -1.53. The molecule has 0 spiro atoms. The second-order valence-corrected chi connectivity index (χ2v) is 4.33. The summed E-state index contributed by atoms with van der Waals surface area (Å²) in [5.41, 5.74) is 6.09. The number of anilines is 1. The second-order valence-electron chi connectivity index (χ2n) is 2.99. The van der Waals surface area contributed by atoms with Crippen molar-refractivity contribution >= 4 is 44.8 Å². The van der Waals surface area contributed by atoms with Gasteiger partial charge in [0.25, 0.3) is 5.19 Å². The first-order valence-electron chi connectivity index (χ1n) is 4.20. The molecule has 0 aliphatic heterocycles. The van der Waals surface area contributed by atoms with Crippen molar-refractivity contribution in [1.82, 2.24) is 4.98 Å². The average Bonchev–Trinajstić information content (AvgIpc) is 2.66. The molecule has 0 saturated carbocycles. The monoisotopic (exact) mass is 258 g/mol. The van der Waals surface area contributed by atoms with Crippen molar-refractivity contribution in [1.29, 1.82) is 0 Å². The maximum absolute atomic E-state index is 10.9. The molecule has 0 amide bonds. The van der Waals surface area contributed by atoms with Crippen LogP contribution in [0.3, 0.4) is 0 Å². The number of ether oxygens (including phenoxy) is 1. The van der Waals surface area contributed by atoms with Crippen molar-refractivity contribution in [2.24, 2.45) is 0 Å². The molecule has 0 radical (unpaired) electrons. The molecule has 1 aromatic carbocycles. The van der Waals surface area contributed by atoms with Crippen LogP contribution in [-0.2, 0) is 0 Å². The number of halogens is 1. The molecule has 0 fully saturated rings. The van der Waals surface area contributed by atoms with Gasteiger partial charge in [-0.2, -0.15) is 0 Å². The third-order valence-electron chi connectivity index (χ3n) is 2.05. The van der Waals surface area contributed by atoms with Crippen molar-refractivity contribution in [3.05, 3.63) is 16.7 Å². The van der Waals surface area contributed by atoms with E-state index in [-0.39, 0.29) is 16.3 Å². The first kappa shape index (κ1) is 11.0. The number of carboxylic acids is 1. The molecule has 1 aromatic heterocycles. The quantitative estimate of drug-likeness (QED) is 0.807. The fraction of sp³-hybridized carbons (Fsp3) is 0.111. The van der Waals surface area contributed by atoms with Gasteiger partial charge in [-0.3, -0.25) is 0 Å². The summed E-state index contributed by atoms with van der Waals surface area (Å²) in [7, 11) is 1.48. The molecule has 0 unspecified atom stereocenters. The van der Waals surface area contributed by atoms with Crippen LogP contribution in [0.1, 0.15) is 10.4 Å². The van der Waals surface area contributed by atoms with Crippen LogP contribution in [-0.4, -0.2) is 23.2 Å². The van der Waals surface area contributed by atoms with Gasteiger partial charge in [0.1, 0.15) is 0 Å². The van der Waals surface area contributed by atoms with E-state index in [1.54, 1.807) is 0 Å². The molecule has 1 heterocycles. The molecular weight excluding hydrogens is 252 g/mol. The highest BCUT2D eigenvalue weighted by Crippen LogP contribution is 2.38. The summed E-state index contributed by atoms with van der Waals surface area (Å²) >= 11 is 7.19. The Morgan fingerprint density at radius 2 is 2.38 bits per heavy atom. The zero-order valence-corrected chi connectivity index (χ0v) is 9.72. The minimum absolute atomic E-state index is 0.0490. The zero-order chi connectivity index (χ0) is 11.9. The lowest BCUT2D eigenvalue weighted by Crippen LogP contribution is -2.02. The first-order valence-corrected chi connectivity index (χ1v) is 5.40. The van der Waals surface area contributed by atoms with Gasteiger partial charge in [0, 0.05) is 0 Å². The van der Waals surface area contributed by atoms with Gasteiger partial charge in [0.15, 0.2) is 0 Å². The molecule has 0 bridgehead atoms. The van der Waals surface area contributed by atoms with Crippen LogP contribution in [0.2, 0.25) is 5.02 Å². The van der Waals surface area contributed by atoms with Crippen LogP contribution in [0.15, 0.2) is 6.07 Å². The first-order chi connectivity index (χ1) is 7.54. The maximum Gasteiger partial charge on any atom is 0.337 e. The van der Waals surface area contributed by atoms with Crippen molar-refractivity contribution in [3.63, 3.8) is 0 Å². The Labute approximate surface area is 99.4 Å². The molecule has 0 aliphatic carbocycles. The number of thiazole rings is 1. The van der Waals surface area contributed by atoms with Gasteiger partial charge in [-0.1, -0.05) is 22.9 Å². The molecule has 0 saturated heterocycles. The number of hydrogen-bond acceptors (Lipinski definition) is 5. The Morgan fingerprint density at radius 3 is 2.94 bits per heavy atom. The third kappa shape index (κ3) is 1.56. The van der Waals surface area contributed by atoms with E-state index >= 15 is 0 Å². The molecule has 2 aromatic rings. The SMILES string of the molecule is COc1nc2cc(C(=O)O)c(N)c(Cl)c2s1. The Kier molecular flexibility index (Phi) is 2.61. The number of methoxy groups -OCH3 is 1. The molecule has 2 rings (SSSR count). The number of aromatic carboxylic acids is 1. The summed E-state index contributed by atoms with van der Waals surface area (Å²) in [6.45, 7) is 0. The molecule has 0 atom stereocenters. The van der Waals surface area contributed by atoms with Gasteiger partial charge >= 0.3 is 5.97 Å². The smallest absolute Gasteiger partial charge is 0.337 e. The summed E-state index contributed by atoms with van der Waals surface area (Å²) in [4.78, 5) is 15.0. The van der Waals surface area contributed by atoms with Crippen molar-refractivity contribution in [2.75, 3.05) is 12.8 Å². The van der Waals surface area contributed by atoms with Crippen LogP contribution in [0.5, 0.6) is 5.19 Å². The normalized spacial score (nSPS) is 10.6. The van der Waals surface area contributed by atoms with Gasteiger partial charge in [0.2, 0.25) is 0 Å². The van der Waals surface area contributed by atoms with Crippen molar-refractivity contribution < 1.29 is 14.6 Å². The predicted octanol–water partition coefficient (Wildman–Crippen LogP) is 2.24. The minimum Gasteiger partial charge on any atom is -0.478 e. The molecular formula is C9H7ClN2O3S. The number of carbonyl (C=O) groups is 1. The van der Waals surface area contributed by atoms with Crippen LogP contribution in [0.25, 0.3) is 10.2 Å². The van der Waals surface area contributed by atoms with E-state index < -0.39 is 5.97 Å². The van der Waals surface area contributed by atoms with Crippen molar-refractivity contribution in [2.45, 2.75) is 0 Å². The van der Waals surface area contributed by atoms with Crippen LogP contribution in [0.4, 0.5) is 5.69 Å². The van der Waals surface area contributed by atoms with E-state index in [0.29, 0.717) is 15.4 Å². The predicted molar refractivity (Wildman–Crippen MR) is 62.6 cm³/mol. The Bertz CT molecular complexity index is 582. The molecule has 5 nitrogen and oxygen atoms in total. The third-order valence-corrected chi connectivity index (χ3v) is 3.60. The van der Waals surface area contributed by atoms with Crippen LogP contribution in [0, 0.1) is 0 Å². The maximum atomic E-state index is 10.9. The van der Waals surface area contributed by atoms with Crippen LogP contribution >= 0.6 is 22.9 Å². The van der Waals surface area contributed by atoms with Gasteiger partial charge in [-0.05, 0) is 6.07 Å². The fourth-order valence-electron chi connectivity index (χ4n) is 1.29. The Morgan fingerprint density at radius 1 is 1.69 bits per heavy atom. The standard InChI is InChI=1S/C9H7ClN2O3S/c1-15-9-12-4-2-3(8(13)14)6(11)5(10)7(4)16-9/h2H,11H2,1H3,(H,13,14). The highest BCUT2D eigenvalue weighted by atomic mass is 35.5. The van der Waals surface area contributed by atoms with E-state index in [1.807, 2.05) is 0 Å². The highest BCUT2D eigenvalue weighted by molar-refractivity contribution is 7.21. The second kappa shape index (κ2) is 3.80. The highest BCUT2D eigenvalue weighted by Gasteiger charge is 2.17. The number of nitrogens with two attached hydrogens (primary N) is 1. The lowest BCUT2D eigenvalue weighted by Gasteiger charge is -2.02. The van der Waals surface area contributed by atoms with E-state index in [1.165, 1.54) is 24.5 Å². The molecule has 84 valence electrons. The molecule has 0 aliphatic rings. The zero-order valence-electron chi connectivity index (χ0n) is 8.15. The lowest BCUT2D eigenvalue weighted by molar-refractivity contribution is 0.0698. The number of carboxylic acid groups (broad SMARTS) is 1. The fourth-order valence-corrected chi connectivity index (χ4v) is 2.41. The van der Waals surface area contributed by atoms with Gasteiger partial charge < -0.3 is 15.6 Å². The largest absolute Gasteiger partial charge is 0.478 e. The molecule has 3 N–H and O–H groups in total. The number of fused-ring (bicyclic) bond motifs is 1. The van der Waals surface area contributed by atoms with E-state index in [4.69, 9.17) is 27.2 Å². The minimum atomic E-state index is -1.13. The number of rotatable bonds is 2. The molecule has 16 heavy (non-hydrogen) atoms. The number of nitrogen functional groups attached to an aromatic ring is 1. The summed E-state index contributed by atoms with van der Waals surface area (Å²) in [6.07, 6.45) is 0. The van der Waals surface area contributed by atoms with E-state index in [9.17, 15) is 4.79 Å². The summed E-state index contributed by atoms with van der Waals surface area (Å²) in [6, 6.07) is 1.39. The molecule has 7 heteroatoms. The summed E-state index contributed by atoms with van der Waals surface area (Å²) < 4.78 is 5.58. The number of hydrogen-bond donors (Lipinski definition) is 2. The van der Waals surface area contributed by atoms with Crippen molar-refractivity contribution in [3.8, 4) is 5.19 Å². The van der Waals surface area contributed by atoms with Gasteiger partial charge in [-0.15, -0.1) is 0 Å².